The normalized spacial score (nSPS) is 31.7. The highest BCUT2D eigenvalue weighted by Crippen LogP contribution is 2.46. The average Bonchev–Trinajstić information content (AvgIpc) is 2.95. The molecule has 3 rings (SSSR count). The number of imidazole rings is 1. The molecule has 2 fully saturated rings. The summed E-state index contributed by atoms with van der Waals surface area (Å²) >= 11 is 0. The van der Waals surface area contributed by atoms with Crippen molar-refractivity contribution in [3.63, 3.8) is 0 Å². The standard InChI is InChI=1S/C14H23N3O/c1-14(2)5-3-4-13(14)17-10-16-8-11(17)12-9-15-6-7-18-12/h8,10,12-13,15H,3-7,9H2,1-2H3. The van der Waals surface area contributed by atoms with E-state index in [1.807, 2.05) is 12.5 Å². The van der Waals surface area contributed by atoms with Gasteiger partial charge in [0.2, 0.25) is 0 Å². The number of hydrogen-bond acceptors (Lipinski definition) is 3. The number of rotatable bonds is 2. The minimum absolute atomic E-state index is 0.164. The van der Waals surface area contributed by atoms with Crippen molar-refractivity contribution in [3.8, 4) is 0 Å². The van der Waals surface area contributed by atoms with Gasteiger partial charge in [0.15, 0.2) is 0 Å². The Morgan fingerprint density at radius 3 is 3.06 bits per heavy atom. The highest BCUT2D eigenvalue weighted by atomic mass is 16.5. The van der Waals surface area contributed by atoms with Crippen LogP contribution in [0.1, 0.15) is 50.9 Å². The van der Waals surface area contributed by atoms with Crippen LogP contribution in [0.2, 0.25) is 0 Å². The molecule has 1 aliphatic heterocycles. The van der Waals surface area contributed by atoms with Gasteiger partial charge in [-0.3, -0.25) is 0 Å². The minimum Gasteiger partial charge on any atom is -0.369 e. The molecule has 0 spiro atoms. The van der Waals surface area contributed by atoms with E-state index in [9.17, 15) is 0 Å². The molecule has 4 heteroatoms. The van der Waals surface area contributed by atoms with Gasteiger partial charge in [-0.05, 0) is 18.3 Å². The average molecular weight is 249 g/mol. The summed E-state index contributed by atoms with van der Waals surface area (Å²) in [5.41, 5.74) is 1.61. The minimum atomic E-state index is 0.164. The van der Waals surface area contributed by atoms with Crippen LogP contribution in [0.5, 0.6) is 0 Å². The third-order valence-electron chi connectivity index (χ3n) is 4.49. The smallest absolute Gasteiger partial charge is 0.111 e. The molecule has 0 radical (unpaired) electrons. The summed E-state index contributed by atoms with van der Waals surface area (Å²) in [4.78, 5) is 4.36. The van der Waals surface area contributed by atoms with Crippen LogP contribution in [-0.2, 0) is 4.74 Å². The highest BCUT2D eigenvalue weighted by molar-refractivity contribution is 5.09. The maximum Gasteiger partial charge on any atom is 0.111 e. The number of nitrogens with zero attached hydrogens (tertiary/aromatic N) is 2. The van der Waals surface area contributed by atoms with E-state index in [2.05, 4.69) is 28.7 Å². The number of morpholine rings is 1. The molecule has 1 aromatic rings. The van der Waals surface area contributed by atoms with Gasteiger partial charge in [-0.25, -0.2) is 4.98 Å². The SMILES string of the molecule is CC1(C)CCCC1n1cncc1C1CNCCO1. The van der Waals surface area contributed by atoms with Crippen molar-refractivity contribution in [2.75, 3.05) is 19.7 Å². The van der Waals surface area contributed by atoms with E-state index >= 15 is 0 Å². The molecule has 2 unspecified atom stereocenters. The first kappa shape index (κ1) is 12.2. The molecule has 18 heavy (non-hydrogen) atoms. The number of aromatic nitrogens is 2. The maximum absolute atomic E-state index is 5.87. The van der Waals surface area contributed by atoms with Crippen LogP contribution >= 0.6 is 0 Å². The van der Waals surface area contributed by atoms with Gasteiger partial charge < -0.3 is 14.6 Å². The first-order chi connectivity index (χ1) is 8.68. The largest absolute Gasteiger partial charge is 0.369 e. The van der Waals surface area contributed by atoms with Gasteiger partial charge in [0.25, 0.3) is 0 Å². The van der Waals surface area contributed by atoms with E-state index in [4.69, 9.17) is 4.74 Å². The second kappa shape index (κ2) is 4.67. The molecule has 1 N–H and O–H groups in total. The molecule has 2 aliphatic rings. The van der Waals surface area contributed by atoms with Gasteiger partial charge in [-0.2, -0.15) is 0 Å². The van der Waals surface area contributed by atoms with E-state index in [-0.39, 0.29) is 6.10 Å². The molecular weight excluding hydrogens is 226 g/mol. The van der Waals surface area contributed by atoms with Crippen molar-refractivity contribution >= 4 is 0 Å². The van der Waals surface area contributed by atoms with Gasteiger partial charge in [0.05, 0.1) is 24.8 Å². The Balaban J connectivity index is 1.86. The first-order valence-corrected chi connectivity index (χ1v) is 7.02. The predicted octanol–water partition coefficient (Wildman–Crippen LogP) is 2.30. The molecule has 100 valence electrons. The van der Waals surface area contributed by atoms with Crippen LogP contribution in [0.15, 0.2) is 12.5 Å². The second-order valence-electron chi connectivity index (χ2n) is 6.19. The Morgan fingerprint density at radius 2 is 2.39 bits per heavy atom. The van der Waals surface area contributed by atoms with Crippen molar-refractivity contribution in [1.29, 1.82) is 0 Å². The highest BCUT2D eigenvalue weighted by Gasteiger charge is 2.37. The van der Waals surface area contributed by atoms with Crippen LogP contribution < -0.4 is 5.32 Å². The molecule has 0 aromatic carbocycles. The summed E-state index contributed by atoms with van der Waals surface area (Å²) in [6, 6.07) is 0.570. The molecule has 1 aromatic heterocycles. The van der Waals surface area contributed by atoms with Crippen molar-refractivity contribution in [3.05, 3.63) is 18.2 Å². The van der Waals surface area contributed by atoms with E-state index in [1.165, 1.54) is 25.0 Å². The third-order valence-corrected chi connectivity index (χ3v) is 4.49. The molecule has 1 saturated carbocycles. The summed E-state index contributed by atoms with van der Waals surface area (Å²) in [7, 11) is 0. The molecule has 2 heterocycles. The first-order valence-electron chi connectivity index (χ1n) is 7.02. The third kappa shape index (κ3) is 2.08. The fourth-order valence-corrected chi connectivity index (χ4v) is 3.40. The molecular formula is C14H23N3O. The van der Waals surface area contributed by atoms with Crippen molar-refractivity contribution in [2.45, 2.75) is 45.3 Å². The molecule has 0 bridgehead atoms. The Hall–Kier alpha value is -0.870. The van der Waals surface area contributed by atoms with Crippen molar-refractivity contribution < 1.29 is 4.74 Å². The fraction of sp³-hybridized carbons (Fsp3) is 0.786. The Morgan fingerprint density at radius 1 is 1.50 bits per heavy atom. The van der Waals surface area contributed by atoms with Crippen molar-refractivity contribution in [2.24, 2.45) is 5.41 Å². The van der Waals surface area contributed by atoms with Crippen LogP contribution in [0, 0.1) is 5.41 Å². The summed E-state index contributed by atoms with van der Waals surface area (Å²) < 4.78 is 8.23. The van der Waals surface area contributed by atoms with Gasteiger partial charge in [0, 0.05) is 19.1 Å². The molecule has 1 aliphatic carbocycles. The summed E-state index contributed by atoms with van der Waals surface area (Å²) in [6.45, 7) is 7.39. The molecule has 4 nitrogen and oxygen atoms in total. The zero-order chi connectivity index (χ0) is 12.6. The maximum atomic E-state index is 5.87. The van der Waals surface area contributed by atoms with Gasteiger partial charge >= 0.3 is 0 Å². The molecule has 1 saturated heterocycles. The van der Waals surface area contributed by atoms with E-state index in [0.29, 0.717) is 11.5 Å². The quantitative estimate of drug-likeness (QED) is 0.874. The number of hydrogen-bond donors (Lipinski definition) is 1. The van der Waals surface area contributed by atoms with E-state index in [0.717, 1.165) is 19.7 Å². The summed E-state index contributed by atoms with van der Waals surface area (Å²) in [6.07, 6.45) is 8.02. The van der Waals surface area contributed by atoms with Crippen LogP contribution in [0.25, 0.3) is 0 Å². The summed E-state index contributed by atoms with van der Waals surface area (Å²) in [5.74, 6) is 0. The summed E-state index contributed by atoms with van der Waals surface area (Å²) in [5, 5.41) is 3.40. The topological polar surface area (TPSA) is 39.1 Å². The lowest BCUT2D eigenvalue weighted by Crippen LogP contribution is -2.35. The van der Waals surface area contributed by atoms with Gasteiger partial charge in [0.1, 0.15) is 6.10 Å². The molecule has 2 atom stereocenters. The van der Waals surface area contributed by atoms with Crippen molar-refractivity contribution in [1.82, 2.24) is 14.9 Å². The van der Waals surface area contributed by atoms with Gasteiger partial charge in [-0.15, -0.1) is 0 Å². The van der Waals surface area contributed by atoms with E-state index < -0.39 is 0 Å². The van der Waals surface area contributed by atoms with E-state index in [1.54, 1.807) is 0 Å². The Labute approximate surface area is 109 Å². The molecule has 0 amide bonds. The van der Waals surface area contributed by atoms with Gasteiger partial charge in [-0.1, -0.05) is 20.3 Å². The Bertz CT molecular complexity index is 407. The second-order valence-corrected chi connectivity index (χ2v) is 6.19. The monoisotopic (exact) mass is 249 g/mol. The lowest BCUT2D eigenvalue weighted by Gasteiger charge is -2.32. The lowest BCUT2D eigenvalue weighted by molar-refractivity contribution is 0.0206. The fourth-order valence-electron chi connectivity index (χ4n) is 3.40. The number of nitrogens with one attached hydrogen (secondary N) is 1. The van der Waals surface area contributed by atoms with Crippen LogP contribution in [0.3, 0.4) is 0 Å². The zero-order valence-corrected chi connectivity index (χ0v) is 11.4. The predicted molar refractivity (Wildman–Crippen MR) is 70.5 cm³/mol. The lowest BCUT2D eigenvalue weighted by atomic mass is 9.87. The van der Waals surface area contributed by atoms with Crippen LogP contribution in [0.4, 0.5) is 0 Å². The van der Waals surface area contributed by atoms with Crippen LogP contribution in [-0.4, -0.2) is 29.2 Å². The zero-order valence-electron chi connectivity index (χ0n) is 11.4. The Kier molecular flexibility index (Phi) is 3.16. The number of ether oxygens (including phenoxy) is 1.